The molecule has 0 unspecified atom stereocenters. The zero-order chi connectivity index (χ0) is 16.3. The van der Waals surface area contributed by atoms with Gasteiger partial charge in [-0.3, -0.25) is 4.68 Å². The summed E-state index contributed by atoms with van der Waals surface area (Å²) in [6, 6.07) is 0. The number of fused-ring (bicyclic) bond motifs is 1. The topological polar surface area (TPSA) is 38.0 Å². The first kappa shape index (κ1) is 15.7. The van der Waals surface area contributed by atoms with Crippen LogP contribution in [0.3, 0.4) is 0 Å². The highest BCUT2D eigenvalue weighted by atomic mass is 19.4. The number of aliphatic hydroxyl groups excluding tert-OH is 1. The van der Waals surface area contributed by atoms with Crippen molar-refractivity contribution >= 4 is 0 Å². The fourth-order valence-corrected chi connectivity index (χ4v) is 3.52. The van der Waals surface area contributed by atoms with Gasteiger partial charge in [-0.05, 0) is 31.1 Å². The molecule has 1 heterocycles. The SMILES string of the molecule is CC1CC(Cn2nc(C(F)(F)F)c3c2CCC(F)(F)[C@H]3O)C1. The van der Waals surface area contributed by atoms with Crippen molar-refractivity contribution in [3.63, 3.8) is 0 Å². The van der Waals surface area contributed by atoms with E-state index in [2.05, 4.69) is 12.0 Å². The molecule has 0 bridgehead atoms. The molecule has 124 valence electrons. The van der Waals surface area contributed by atoms with Crippen LogP contribution in [0.25, 0.3) is 0 Å². The lowest BCUT2D eigenvalue weighted by Crippen LogP contribution is -2.34. The highest BCUT2D eigenvalue weighted by molar-refractivity contribution is 5.35. The summed E-state index contributed by atoms with van der Waals surface area (Å²) in [5, 5.41) is 13.2. The van der Waals surface area contributed by atoms with Crippen LogP contribution >= 0.6 is 0 Å². The van der Waals surface area contributed by atoms with Gasteiger partial charge in [0.05, 0.1) is 0 Å². The predicted octanol–water partition coefficient (Wildman–Crippen LogP) is 3.56. The van der Waals surface area contributed by atoms with Crippen LogP contribution in [0.15, 0.2) is 0 Å². The van der Waals surface area contributed by atoms with Crippen LogP contribution in [0.2, 0.25) is 0 Å². The Bertz CT molecular complexity index is 575. The second-order valence-electron chi connectivity index (χ2n) is 6.50. The van der Waals surface area contributed by atoms with Gasteiger partial charge < -0.3 is 5.11 Å². The number of hydrogen-bond acceptors (Lipinski definition) is 2. The molecular formula is C14H17F5N2O. The minimum Gasteiger partial charge on any atom is -0.382 e. The summed E-state index contributed by atoms with van der Waals surface area (Å²) >= 11 is 0. The summed E-state index contributed by atoms with van der Waals surface area (Å²) in [6.07, 6.45) is -6.36. The molecule has 0 aliphatic heterocycles. The molecule has 1 aromatic heterocycles. The van der Waals surface area contributed by atoms with Crippen LogP contribution in [0.1, 0.15) is 49.2 Å². The Kier molecular flexibility index (Phi) is 3.50. The summed E-state index contributed by atoms with van der Waals surface area (Å²) in [5.41, 5.74) is -2.01. The summed E-state index contributed by atoms with van der Waals surface area (Å²) in [6.45, 7) is 2.35. The van der Waals surface area contributed by atoms with Gasteiger partial charge >= 0.3 is 6.18 Å². The van der Waals surface area contributed by atoms with E-state index in [0.29, 0.717) is 12.5 Å². The number of aromatic nitrogens is 2. The maximum absolute atomic E-state index is 13.6. The van der Waals surface area contributed by atoms with Crippen LogP contribution < -0.4 is 0 Å². The van der Waals surface area contributed by atoms with Crippen LogP contribution in [-0.4, -0.2) is 20.8 Å². The van der Waals surface area contributed by atoms with Gasteiger partial charge in [-0.1, -0.05) is 6.92 Å². The Morgan fingerprint density at radius 3 is 2.50 bits per heavy atom. The van der Waals surface area contributed by atoms with Gasteiger partial charge in [0.15, 0.2) is 5.69 Å². The average molecular weight is 324 g/mol. The Labute approximate surface area is 124 Å². The summed E-state index contributed by atoms with van der Waals surface area (Å²) in [5.74, 6) is -2.79. The maximum Gasteiger partial charge on any atom is 0.435 e. The second-order valence-corrected chi connectivity index (χ2v) is 6.50. The fourth-order valence-electron chi connectivity index (χ4n) is 3.52. The van der Waals surface area contributed by atoms with Gasteiger partial charge in [-0.25, -0.2) is 8.78 Å². The first-order valence-corrected chi connectivity index (χ1v) is 7.32. The van der Waals surface area contributed by atoms with Gasteiger partial charge in [0.25, 0.3) is 5.92 Å². The highest BCUT2D eigenvalue weighted by Gasteiger charge is 2.51. The van der Waals surface area contributed by atoms with Gasteiger partial charge in [-0.2, -0.15) is 18.3 Å². The highest BCUT2D eigenvalue weighted by Crippen LogP contribution is 2.47. The first-order chi connectivity index (χ1) is 10.1. The van der Waals surface area contributed by atoms with E-state index in [-0.39, 0.29) is 18.0 Å². The zero-order valence-electron chi connectivity index (χ0n) is 12.0. The fraction of sp³-hybridized carbons (Fsp3) is 0.786. The van der Waals surface area contributed by atoms with Gasteiger partial charge in [0.1, 0.15) is 6.10 Å². The number of rotatable bonds is 2. The van der Waals surface area contributed by atoms with E-state index in [4.69, 9.17) is 0 Å². The Hall–Kier alpha value is -1.18. The predicted molar refractivity (Wildman–Crippen MR) is 67.3 cm³/mol. The van der Waals surface area contributed by atoms with Crippen molar-refractivity contribution in [1.82, 2.24) is 9.78 Å². The van der Waals surface area contributed by atoms with E-state index >= 15 is 0 Å². The summed E-state index contributed by atoms with van der Waals surface area (Å²) in [4.78, 5) is 0. The third-order valence-corrected chi connectivity index (χ3v) is 4.64. The van der Waals surface area contributed by atoms with Gasteiger partial charge in [0.2, 0.25) is 0 Å². The van der Waals surface area contributed by atoms with Crippen LogP contribution in [0, 0.1) is 11.8 Å². The normalized spacial score (nSPS) is 30.8. The zero-order valence-corrected chi connectivity index (χ0v) is 12.0. The average Bonchev–Trinajstić information content (AvgIpc) is 2.71. The lowest BCUT2D eigenvalue weighted by molar-refractivity contribution is -0.150. The van der Waals surface area contributed by atoms with Gasteiger partial charge in [-0.15, -0.1) is 0 Å². The number of aliphatic hydroxyl groups is 1. The Morgan fingerprint density at radius 1 is 1.32 bits per heavy atom. The van der Waals surface area contributed by atoms with E-state index in [1.165, 1.54) is 4.68 Å². The lowest BCUT2D eigenvalue weighted by atomic mass is 9.76. The monoisotopic (exact) mass is 324 g/mol. The molecule has 8 heteroatoms. The van der Waals surface area contributed by atoms with Crippen LogP contribution in [0.5, 0.6) is 0 Å². The molecule has 1 N–H and O–H groups in total. The second kappa shape index (κ2) is 4.91. The molecule has 1 fully saturated rings. The molecule has 1 saturated carbocycles. The molecule has 22 heavy (non-hydrogen) atoms. The first-order valence-electron chi connectivity index (χ1n) is 7.32. The van der Waals surface area contributed by atoms with E-state index in [9.17, 15) is 27.1 Å². The lowest BCUT2D eigenvalue weighted by Gasteiger charge is -2.33. The van der Waals surface area contributed by atoms with E-state index < -0.39 is 35.9 Å². The molecular weight excluding hydrogens is 307 g/mol. The van der Waals surface area contributed by atoms with Crippen molar-refractivity contribution in [2.75, 3.05) is 0 Å². The Balaban J connectivity index is 1.99. The molecule has 0 amide bonds. The van der Waals surface area contributed by atoms with E-state index in [1.54, 1.807) is 0 Å². The van der Waals surface area contributed by atoms with Crippen molar-refractivity contribution < 1.29 is 27.1 Å². The third-order valence-electron chi connectivity index (χ3n) is 4.64. The van der Waals surface area contributed by atoms with Gasteiger partial charge in [0, 0.05) is 24.2 Å². The largest absolute Gasteiger partial charge is 0.435 e. The molecule has 0 spiro atoms. The third kappa shape index (κ3) is 2.51. The quantitative estimate of drug-likeness (QED) is 0.845. The molecule has 3 rings (SSSR count). The van der Waals surface area contributed by atoms with Crippen LogP contribution in [-0.2, 0) is 19.1 Å². The van der Waals surface area contributed by atoms with Crippen molar-refractivity contribution in [3.8, 4) is 0 Å². The molecule has 3 nitrogen and oxygen atoms in total. The molecule has 0 saturated heterocycles. The number of alkyl halides is 5. The van der Waals surface area contributed by atoms with E-state index in [1.807, 2.05) is 0 Å². The summed E-state index contributed by atoms with van der Waals surface area (Å²) < 4.78 is 67.6. The molecule has 1 atom stereocenters. The standard InChI is InChI=1S/C14H17F5N2O/c1-7-4-8(5-7)6-21-9-2-3-13(15,16)12(22)10(9)11(20-21)14(17,18)19/h7-8,12,22H,2-6H2,1H3/t7?,8?,12-/m0/s1. The summed E-state index contributed by atoms with van der Waals surface area (Å²) in [7, 11) is 0. The van der Waals surface area contributed by atoms with E-state index in [0.717, 1.165) is 12.8 Å². The molecule has 0 aromatic carbocycles. The number of halogens is 5. The smallest absolute Gasteiger partial charge is 0.382 e. The number of nitrogens with zero attached hydrogens (tertiary/aromatic N) is 2. The molecule has 0 radical (unpaired) electrons. The van der Waals surface area contributed by atoms with Crippen molar-refractivity contribution in [2.45, 2.75) is 57.4 Å². The van der Waals surface area contributed by atoms with Crippen molar-refractivity contribution in [2.24, 2.45) is 11.8 Å². The van der Waals surface area contributed by atoms with Crippen molar-refractivity contribution in [3.05, 3.63) is 17.0 Å². The molecule has 2 aliphatic carbocycles. The number of hydrogen-bond donors (Lipinski definition) is 1. The molecule has 1 aromatic rings. The Morgan fingerprint density at radius 2 is 1.95 bits per heavy atom. The minimum absolute atomic E-state index is 0.102. The minimum atomic E-state index is -4.85. The van der Waals surface area contributed by atoms with Crippen molar-refractivity contribution in [1.29, 1.82) is 0 Å². The van der Waals surface area contributed by atoms with Crippen LogP contribution in [0.4, 0.5) is 22.0 Å². The maximum atomic E-state index is 13.6. The molecule has 2 aliphatic rings.